The quantitative estimate of drug-likeness (QED) is 0.259. The number of aromatic nitrogens is 1. The number of nitrogens with zero attached hydrogens (tertiary/aromatic N) is 4. The van der Waals surface area contributed by atoms with Crippen LogP contribution < -0.4 is 26.0 Å². The van der Waals surface area contributed by atoms with E-state index in [2.05, 4.69) is 39.1 Å². The number of hydrogen-bond acceptors (Lipinski definition) is 7. The topological polar surface area (TPSA) is 108 Å². The number of alkyl halides is 3. The summed E-state index contributed by atoms with van der Waals surface area (Å²) in [7, 11) is 3.23. The Kier molecular flexibility index (Phi) is 8.82. The molecule has 0 aliphatic carbocycles. The van der Waals surface area contributed by atoms with Gasteiger partial charge in [0.2, 0.25) is 0 Å². The summed E-state index contributed by atoms with van der Waals surface area (Å²) in [5.74, 6) is -0.0598. The highest BCUT2D eigenvalue weighted by atomic mass is 19.4. The van der Waals surface area contributed by atoms with Gasteiger partial charge in [-0.15, -0.1) is 0 Å². The number of halogens is 3. The van der Waals surface area contributed by atoms with Gasteiger partial charge in [0.15, 0.2) is 5.84 Å². The van der Waals surface area contributed by atoms with Crippen LogP contribution in [0.2, 0.25) is 0 Å². The summed E-state index contributed by atoms with van der Waals surface area (Å²) in [5, 5.41) is 5.55. The Morgan fingerprint density at radius 1 is 1.12 bits per heavy atom. The number of rotatable bonds is 8. The molecule has 0 bridgehead atoms. The molecule has 216 valence electrons. The van der Waals surface area contributed by atoms with Gasteiger partial charge in [-0.3, -0.25) is 4.79 Å². The largest absolute Gasteiger partial charge is 0.496 e. The van der Waals surface area contributed by atoms with Crippen LogP contribution in [0.5, 0.6) is 5.75 Å². The van der Waals surface area contributed by atoms with Crippen molar-refractivity contribution in [3.05, 3.63) is 83.7 Å². The summed E-state index contributed by atoms with van der Waals surface area (Å²) < 4.78 is 45.1. The number of nitrogens with one attached hydrogen (secondary N) is 2. The first kappa shape index (κ1) is 29.4. The minimum Gasteiger partial charge on any atom is -0.496 e. The lowest BCUT2D eigenvalue weighted by molar-refractivity contribution is -0.138. The molecule has 0 spiro atoms. The molecule has 4 rings (SSSR count). The second kappa shape index (κ2) is 12.3. The van der Waals surface area contributed by atoms with Crippen molar-refractivity contribution in [2.45, 2.75) is 13.1 Å². The molecule has 9 nitrogen and oxygen atoms in total. The molecule has 1 aromatic heterocycles. The van der Waals surface area contributed by atoms with Crippen LogP contribution in [0, 0.1) is 6.92 Å². The third-order valence-electron chi connectivity index (χ3n) is 6.68. The number of likely N-dealkylation sites (N-methyl/N-ethyl adjacent to an activating group) is 1. The number of aliphatic imine (C=N–C) groups is 1. The first-order valence-corrected chi connectivity index (χ1v) is 12.8. The Hall–Kier alpha value is -4.58. The van der Waals surface area contributed by atoms with E-state index in [0.29, 0.717) is 17.1 Å². The Labute approximate surface area is 236 Å². The lowest BCUT2D eigenvalue weighted by Crippen LogP contribution is -2.45. The van der Waals surface area contributed by atoms with Crippen LogP contribution in [0.25, 0.3) is 0 Å². The van der Waals surface area contributed by atoms with Gasteiger partial charge in [-0.25, -0.2) is 9.98 Å². The molecule has 1 aliphatic heterocycles. The SMILES string of the molecule is C=CNc1ccc(N2CCN(C)CC2)nc1C(N)=Nc1cc(C(=O)Nc2ccc(OC)c(C(F)(F)F)c2)ccc1C. The summed E-state index contributed by atoms with van der Waals surface area (Å²) in [6, 6.07) is 11.9. The molecule has 2 heterocycles. The second-order valence-corrected chi connectivity index (χ2v) is 9.57. The summed E-state index contributed by atoms with van der Waals surface area (Å²) in [4.78, 5) is 26.8. The molecule has 0 radical (unpaired) electrons. The van der Waals surface area contributed by atoms with Crippen molar-refractivity contribution in [1.29, 1.82) is 0 Å². The summed E-state index contributed by atoms with van der Waals surface area (Å²) in [6.45, 7) is 9.00. The molecule has 0 unspecified atom stereocenters. The fourth-order valence-corrected chi connectivity index (χ4v) is 4.35. The van der Waals surface area contributed by atoms with Gasteiger partial charge in [-0.05, 0) is 68.2 Å². The number of amidine groups is 1. The van der Waals surface area contributed by atoms with Crippen LogP contribution in [0.1, 0.15) is 27.2 Å². The van der Waals surface area contributed by atoms with Gasteiger partial charge >= 0.3 is 6.18 Å². The number of anilines is 3. The van der Waals surface area contributed by atoms with Crippen LogP contribution in [-0.2, 0) is 6.18 Å². The monoisotopic (exact) mass is 567 g/mol. The zero-order chi connectivity index (χ0) is 29.7. The number of carbonyl (C=O) groups is 1. The second-order valence-electron chi connectivity index (χ2n) is 9.57. The van der Waals surface area contributed by atoms with Gasteiger partial charge in [0, 0.05) is 37.4 Å². The molecule has 0 saturated carbocycles. The van der Waals surface area contributed by atoms with E-state index in [1.54, 1.807) is 12.1 Å². The van der Waals surface area contributed by atoms with Crippen molar-refractivity contribution < 1.29 is 22.7 Å². The summed E-state index contributed by atoms with van der Waals surface area (Å²) in [6.07, 6.45) is -3.13. The predicted molar refractivity (Wildman–Crippen MR) is 155 cm³/mol. The van der Waals surface area contributed by atoms with Crippen molar-refractivity contribution in [3.63, 3.8) is 0 Å². The number of carbonyl (C=O) groups excluding carboxylic acids is 1. The van der Waals surface area contributed by atoms with Crippen LogP contribution in [-0.4, -0.2) is 62.0 Å². The molecule has 1 fully saturated rings. The van der Waals surface area contributed by atoms with Crippen molar-refractivity contribution in [1.82, 2.24) is 9.88 Å². The highest BCUT2D eigenvalue weighted by Crippen LogP contribution is 2.38. The number of benzene rings is 2. The highest BCUT2D eigenvalue weighted by Gasteiger charge is 2.34. The smallest absolute Gasteiger partial charge is 0.420 e. The summed E-state index contributed by atoms with van der Waals surface area (Å²) >= 11 is 0. The van der Waals surface area contributed by atoms with Crippen LogP contribution in [0.3, 0.4) is 0 Å². The van der Waals surface area contributed by atoms with Gasteiger partial charge in [-0.1, -0.05) is 12.6 Å². The fraction of sp³-hybridized carbons (Fsp3) is 0.276. The predicted octanol–water partition coefficient (Wildman–Crippen LogP) is 5.01. The molecule has 1 saturated heterocycles. The number of pyridine rings is 1. The minimum absolute atomic E-state index is 0.0293. The Morgan fingerprint density at radius 2 is 1.85 bits per heavy atom. The average molecular weight is 568 g/mol. The van der Waals surface area contributed by atoms with Crippen LogP contribution in [0.4, 0.5) is 36.1 Å². The standard InChI is InChI=1S/C29H32F3N7O2/c1-5-34-22-9-11-25(39-14-12-38(3)13-15-39)37-26(22)27(33)36-23-16-19(7-6-18(23)2)28(40)35-20-8-10-24(41-4)21(17-20)29(30,31)32/h5-11,16-17,34H,1,12-15H2,2-4H3,(H2,33,36)(H,35,40). The van der Waals surface area contributed by atoms with E-state index >= 15 is 0 Å². The van der Waals surface area contributed by atoms with E-state index in [9.17, 15) is 18.0 Å². The lowest BCUT2D eigenvalue weighted by Gasteiger charge is -2.33. The molecule has 2 aromatic carbocycles. The van der Waals surface area contributed by atoms with Crippen LogP contribution in [0.15, 0.2) is 66.3 Å². The number of aryl methyl sites for hydroxylation is 1. The van der Waals surface area contributed by atoms with Gasteiger partial charge in [-0.2, -0.15) is 13.2 Å². The highest BCUT2D eigenvalue weighted by molar-refractivity contribution is 6.06. The summed E-state index contributed by atoms with van der Waals surface area (Å²) in [5.41, 5.74) is 7.81. The van der Waals surface area contributed by atoms with Crippen molar-refractivity contribution in [2.24, 2.45) is 10.7 Å². The van der Waals surface area contributed by atoms with Gasteiger partial charge < -0.3 is 30.9 Å². The number of amides is 1. The molecule has 12 heteroatoms. The third-order valence-corrected chi connectivity index (χ3v) is 6.68. The maximum Gasteiger partial charge on any atom is 0.420 e. The Morgan fingerprint density at radius 3 is 2.51 bits per heavy atom. The zero-order valence-electron chi connectivity index (χ0n) is 23.0. The third kappa shape index (κ3) is 6.95. The first-order chi connectivity index (χ1) is 19.5. The molecular weight excluding hydrogens is 535 g/mol. The maximum absolute atomic E-state index is 13.4. The Balaban J connectivity index is 1.62. The molecule has 1 amide bonds. The van der Waals surface area contributed by atoms with Crippen LogP contribution >= 0.6 is 0 Å². The van der Waals surface area contributed by atoms with E-state index in [4.69, 9.17) is 15.5 Å². The average Bonchev–Trinajstić information content (AvgIpc) is 2.94. The Bertz CT molecular complexity index is 1470. The molecular formula is C29H32F3N7O2. The number of nitrogens with two attached hydrogens (primary N) is 1. The molecule has 0 atom stereocenters. The first-order valence-electron chi connectivity index (χ1n) is 12.8. The van der Waals surface area contributed by atoms with Gasteiger partial charge in [0.1, 0.15) is 17.3 Å². The van der Waals surface area contributed by atoms with E-state index in [0.717, 1.165) is 56.8 Å². The van der Waals surface area contributed by atoms with Crippen molar-refractivity contribution in [2.75, 3.05) is 55.9 Å². The van der Waals surface area contributed by atoms with E-state index in [-0.39, 0.29) is 22.8 Å². The normalized spacial score (nSPS) is 14.5. The van der Waals surface area contributed by atoms with Crippen molar-refractivity contribution >= 4 is 34.6 Å². The maximum atomic E-state index is 13.4. The van der Waals surface area contributed by atoms with E-state index in [1.165, 1.54) is 18.3 Å². The molecule has 41 heavy (non-hydrogen) atoms. The van der Waals surface area contributed by atoms with Gasteiger partial charge in [0.05, 0.1) is 24.0 Å². The number of piperazine rings is 1. The number of methoxy groups -OCH3 is 1. The number of ether oxygens (including phenoxy) is 1. The minimum atomic E-state index is -4.65. The number of hydrogen-bond donors (Lipinski definition) is 3. The van der Waals surface area contributed by atoms with E-state index in [1.807, 2.05) is 19.1 Å². The molecule has 1 aliphatic rings. The van der Waals surface area contributed by atoms with E-state index < -0.39 is 17.6 Å². The molecule has 3 aromatic rings. The zero-order valence-corrected chi connectivity index (χ0v) is 23.0. The van der Waals surface area contributed by atoms with Crippen molar-refractivity contribution in [3.8, 4) is 5.75 Å². The molecule has 4 N–H and O–H groups in total. The fourth-order valence-electron chi connectivity index (χ4n) is 4.35. The van der Waals surface area contributed by atoms with Gasteiger partial charge in [0.25, 0.3) is 5.91 Å². The lowest BCUT2D eigenvalue weighted by atomic mass is 10.1.